The second kappa shape index (κ2) is 9.19. The highest BCUT2D eigenvalue weighted by atomic mass is 16.5. The van der Waals surface area contributed by atoms with E-state index in [9.17, 15) is 4.79 Å². The molecule has 3 aliphatic rings. The lowest BCUT2D eigenvalue weighted by atomic mass is 9.89. The number of nitrogens with zero attached hydrogens (tertiary/aromatic N) is 2. The summed E-state index contributed by atoms with van der Waals surface area (Å²) in [5, 5.41) is 0. The predicted octanol–water partition coefficient (Wildman–Crippen LogP) is 3.31. The van der Waals surface area contributed by atoms with Gasteiger partial charge in [-0.05, 0) is 51.0 Å². The Kier molecular flexibility index (Phi) is 6.96. The Balaban J connectivity index is 1.46. The monoisotopic (exact) mass is 336 g/mol. The van der Waals surface area contributed by atoms with Gasteiger partial charge in [-0.3, -0.25) is 4.79 Å². The molecule has 2 aliphatic heterocycles. The van der Waals surface area contributed by atoms with Gasteiger partial charge in [0.1, 0.15) is 0 Å². The smallest absolute Gasteiger partial charge is 0.225 e. The molecule has 3 rings (SSSR count). The number of carbonyl (C=O) groups is 1. The molecule has 1 saturated carbocycles. The number of hydrogen-bond donors (Lipinski definition) is 0. The van der Waals surface area contributed by atoms with Crippen molar-refractivity contribution in [2.75, 3.05) is 39.3 Å². The molecular weight excluding hydrogens is 300 g/mol. The van der Waals surface area contributed by atoms with Crippen molar-refractivity contribution in [3.63, 3.8) is 0 Å². The van der Waals surface area contributed by atoms with Crippen molar-refractivity contribution in [1.82, 2.24) is 9.80 Å². The van der Waals surface area contributed by atoms with Crippen LogP contribution in [0.25, 0.3) is 0 Å². The van der Waals surface area contributed by atoms with Gasteiger partial charge in [0.2, 0.25) is 5.91 Å². The number of ether oxygens (including phenoxy) is 1. The lowest BCUT2D eigenvalue weighted by Gasteiger charge is -2.32. The second-order valence-electron chi connectivity index (χ2n) is 8.11. The van der Waals surface area contributed by atoms with Crippen molar-refractivity contribution in [1.29, 1.82) is 0 Å². The SMILES string of the molecule is CC[C@@H]1C[C@@H](C(=O)N2CCCN(CC3CCCCC3)CC2)CCO1. The molecule has 0 bridgehead atoms. The van der Waals surface area contributed by atoms with E-state index < -0.39 is 0 Å². The van der Waals surface area contributed by atoms with Crippen molar-refractivity contribution in [3.8, 4) is 0 Å². The Morgan fingerprint density at radius 2 is 1.83 bits per heavy atom. The molecule has 0 aromatic carbocycles. The summed E-state index contributed by atoms with van der Waals surface area (Å²) in [6.45, 7) is 8.31. The number of rotatable bonds is 4. The molecule has 0 N–H and O–H groups in total. The summed E-state index contributed by atoms with van der Waals surface area (Å²) in [5.74, 6) is 1.51. The largest absolute Gasteiger partial charge is 0.378 e. The lowest BCUT2D eigenvalue weighted by Crippen LogP contribution is -2.42. The summed E-state index contributed by atoms with van der Waals surface area (Å²) < 4.78 is 5.74. The minimum absolute atomic E-state index is 0.202. The van der Waals surface area contributed by atoms with E-state index in [4.69, 9.17) is 4.74 Å². The number of hydrogen-bond acceptors (Lipinski definition) is 3. The molecule has 24 heavy (non-hydrogen) atoms. The third-order valence-corrected chi connectivity index (χ3v) is 6.31. The molecule has 1 aliphatic carbocycles. The Morgan fingerprint density at radius 1 is 1.00 bits per heavy atom. The molecule has 4 heteroatoms. The summed E-state index contributed by atoms with van der Waals surface area (Å²) in [7, 11) is 0. The quantitative estimate of drug-likeness (QED) is 0.789. The Hall–Kier alpha value is -0.610. The van der Waals surface area contributed by atoms with Gasteiger partial charge in [-0.15, -0.1) is 0 Å². The van der Waals surface area contributed by atoms with E-state index in [0.717, 1.165) is 57.8 Å². The third kappa shape index (κ3) is 4.95. The normalized spacial score (nSPS) is 31.0. The van der Waals surface area contributed by atoms with Crippen molar-refractivity contribution in [3.05, 3.63) is 0 Å². The highest BCUT2D eigenvalue weighted by molar-refractivity contribution is 5.79. The first-order valence-corrected chi connectivity index (χ1v) is 10.4. The van der Waals surface area contributed by atoms with E-state index in [2.05, 4.69) is 16.7 Å². The number of amides is 1. The van der Waals surface area contributed by atoms with Crippen LogP contribution in [0.15, 0.2) is 0 Å². The van der Waals surface area contributed by atoms with E-state index >= 15 is 0 Å². The van der Waals surface area contributed by atoms with E-state index in [1.807, 2.05) is 0 Å². The molecule has 0 aromatic heterocycles. The minimum atomic E-state index is 0.202. The first-order valence-electron chi connectivity index (χ1n) is 10.4. The topological polar surface area (TPSA) is 32.8 Å². The molecule has 2 atom stereocenters. The van der Waals surface area contributed by atoms with Gasteiger partial charge in [0, 0.05) is 38.7 Å². The van der Waals surface area contributed by atoms with Gasteiger partial charge >= 0.3 is 0 Å². The molecule has 4 nitrogen and oxygen atoms in total. The maximum Gasteiger partial charge on any atom is 0.225 e. The zero-order valence-corrected chi connectivity index (χ0v) is 15.5. The van der Waals surface area contributed by atoms with Crippen molar-refractivity contribution in [2.24, 2.45) is 11.8 Å². The minimum Gasteiger partial charge on any atom is -0.378 e. The van der Waals surface area contributed by atoms with Crippen LogP contribution in [0.5, 0.6) is 0 Å². The molecule has 2 heterocycles. The van der Waals surface area contributed by atoms with Gasteiger partial charge in [0.05, 0.1) is 6.10 Å². The van der Waals surface area contributed by atoms with Gasteiger partial charge in [0.25, 0.3) is 0 Å². The molecule has 3 fully saturated rings. The van der Waals surface area contributed by atoms with Crippen LogP contribution < -0.4 is 0 Å². The zero-order chi connectivity index (χ0) is 16.8. The summed E-state index contributed by atoms with van der Waals surface area (Å²) in [6.07, 6.45) is 11.4. The predicted molar refractivity (Wildman–Crippen MR) is 97.0 cm³/mol. The third-order valence-electron chi connectivity index (χ3n) is 6.31. The number of carbonyl (C=O) groups excluding carboxylic acids is 1. The maximum atomic E-state index is 12.9. The fraction of sp³-hybridized carbons (Fsp3) is 0.950. The Labute approximate surface area is 147 Å². The summed E-state index contributed by atoms with van der Waals surface area (Å²) in [4.78, 5) is 17.7. The fourth-order valence-corrected chi connectivity index (χ4v) is 4.76. The Morgan fingerprint density at radius 3 is 2.62 bits per heavy atom. The highest BCUT2D eigenvalue weighted by Gasteiger charge is 2.31. The highest BCUT2D eigenvalue weighted by Crippen LogP contribution is 2.26. The first-order chi connectivity index (χ1) is 11.8. The maximum absolute atomic E-state index is 12.9. The van der Waals surface area contributed by atoms with E-state index in [1.54, 1.807) is 0 Å². The fourth-order valence-electron chi connectivity index (χ4n) is 4.76. The molecule has 0 aromatic rings. The van der Waals surface area contributed by atoms with Crippen molar-refractivity contribution in [2.45, 2.75) is 70.8 Å². The van der Waals surface area contributed by atoms with Gasteiger partial charge in [-0.2, -0.15) is 0 Å². The zero-order valence-electron chi connectivity index (χ0n) is 15.5. The van der Waals surface area contributed by atoms with E-state index in [0.29, 0.717) is 12.0 Å². The van der Waals surface area contributed by atoms with Crippen LogP contribution in [0.4, 0.5) is 0 Å². The second-order valence-corrected chi connectivity index (χ2v) is 8.11. The van der Waals surface area contributed by atoms with Gasteiger partial charge in [-0.25, -0.2) is 0 Å². The van der Waals surface area contributed by atoms with Crippen LogP contribution in [0.1, 0.15) is 64.7 Å². The molecule has 2 saturated heterocycles. The molecule has 0 spiro atoms. The lowest BCUT2D eigenvalue weighted by molar-refractivity contribution is -0.140. The molecule has 0 radical (unpaired) electrons. The van der Waals surface area contributed by atoms with Crippen LogP contribution in [0.3, 0.4) is 0 Å². The molecule has 0 unspecified atom stereocenters. The summed E-state index contributed by atoms with van der Waals surface area (Å²) >= 11 is 0. The van der Waals surface area contributed by atoms with Crippen LogP contribution in [-0.4, -0.2) is 61.1 Å². The first kappa shape index (κ1) is 18.2. The molecule has 1 amide bonds. The van der Waals surface area contributed by atoms with Crippen LogP contribution in [0, 0.1) is 11.8 Å². The average molecular weight is 337 g/mol. The van der Waals surface area contributed by atoms with Gasteiger partial charge < -0.3 is 14.5 Å². The summed E-state index contributed by atoms with van der Waals surface area (Å²) in [6, 6.07) is 0. The van der Waals surface area contributed by atoms with Crippen LogP contribution in [-0.2, 0) is 9.53 Å². The van der Waals surface area contributed by atoms with Crippen LogP contribution in [0.2, 0.25) is 0 Å². The van der Waals surface area contributed by atoms with Crippen molar-refractivity contribution < 1.29 is 9.53 Å². The van der Waals surface area contributed by atoms with E-state index in [1.165, 1.54) is 45.2 Å². The average Bonchev–Trinajstić information content (AvgIpc) is 2.87. The summed E-state index contributed by atoms with van der Waals surface area (Å²) in [5.41, 5.74) is 0. The van der Waals surface area contributed by atoms with Crippen LogP contribution >= 0.6 is 0 Å². The van der Waals surface area contributed by atoms with Crippen molar-refractivity contribution >= 4 is 5.91 Å². The van der Waals surface area contributed by atoms with Gasteiger partial charge in [-0.1, -0.05) is 26.2 Å². The van der Waals surface area contributed by atoms with E-state index in [-0.39, 0.29) is 5.92 Å². The molecular formula is C20H36N2O2. The van der Waals surface area contributed by atoms with Gasteiger partial charge in [0.15, 0.2) is 0 Å². The standard InChI is InChI=1S/C20H36N2O2/c1-2-19-15-18(9-14-24-19)20(23)22-11-6-10-21(12-13-22)16-17-7-4-3-5-8-17/h17-19H,2-16H2,1H3/t18-,19+/m0/s1. The Bertz CT molecular complexity index is 395. The molecule has 138 valence electrons.